The summed E-state index contributed by atoms with van der Waals surface area (Å²) in [5.74, 6) is -3.65. The smallest absolute Gasteiger partial charge is 0.362 e. The Morgan fingerprint density at radius 2 is 1.32 bits per heavy atom. The molecular formula is C61H90BrN8O19P. The summed E-state index contributed by atoms with van der Waals surface area (Å²) in [5.41, 5.74) is 0.907. The third-order valence-corrected chi connectivity index (χ3v) is 16.5. The molecule has 3 aromatic rings. The van der Waals surface area contributed by atoms with Gasteiger partial charge in [-0.1, -0.05) is 83.1 Å². The molecule has 27 nitrogen and oxygen atoms in total. The van der Waals surface area contributed by atoms with Crippen molar-refractivity contribution in [3.8, 4) is 5.75 Å². The first-order valence-corrected chi connectivity index (χ1v) is 33.6. The molecule has 0 spiro atoms. The number of aryl methyl sites for hydroxylation is 1. The van der Waals surface area contributed by atoms with Crippen LogP contribution in [-0.4, -0.2) is 185 Å². The van der Waals surface area contributed by atoms with Crippen molar-refractivity contribution in [1.29, 1.82) is 0 Å². The van der Waals surface area contributed by atoms with Gasteiger partial charge in [0.25, 0.3) is 0 Å². The van der Waals surface area contributed by atoms with Crippen LogP contribution in [0.25, 0.3) is 10.9 Å². The molecule has 1 saturated heterocycles. The van der Waals surface area contributed by atoms with E-state index in [-0.39, 0.29) is 134 Å². The van der Waals surface area contributed by atoms with Gasteiger partial charge in [0.05, 0.1) is 51.7 Å². The molecule has 500 valence electrons. The van der Waals surface area contributed by atoms with Crippen molar-refractivity contribution in [2.45, 2.75) is 167 Å². The zero-order valence-corrected chi connectivity index (χ0v) is 54.1. The van der Waals surface area contributed by atoms with Gasteiger partial charge >= 0.3 is 25.6 Å². The van der Waals surface area contributed by atoms with E-state index < -0.39 is 67.1 Å². The van der Waals surface area contributed by atoms with E-state index in [1.165, 1.54) is 57.4 Å². The van der Waals surface area contributed by atoms with Crippen LogP contribution >= 0.6 is 23.5 Å². The third-order valence-electron chi connectivity index (χ3n) is 15.6. The number of fused-ring (bicyclic) bond motifs is 2. The van der Waals surface area contributed by atoms with Crippen molar-refractivity contribution in [3.05, 3.63) is 52.3 Å². The predicted molar refractivity (Wildman–Crippen MR) is 334 cm³/mol. The highest BCUT2D eigenvalue weighted by atomic mass is 79.9. The van der Waals surface area contributed by atoms with Crippen molar-refractivity contribution in [3.63, 3.8) is 0 Å². The summed E-state index contributed by atoms with van der Waals surface area (Å²) in [6.07, 6.45) is 17.2. The van der Waals surface area contributed by atoms with Crippen LogP contribution in [0.1, 0.15) is 151 Å². The number of Topliss-reactive ketones (excluding diaryl/α,β-unsaturated/α-hetero) is 2. The lowest BCUT2D eigenvalue weighted by Gasteiger charge is -2.27. The zero-order chi connectivity index (χ0) is 65.5. The Balaban J connectivity index is 0.876. The number of ketones is 2. The number of pyridine rings is 1. The number of carboxylic acids is 2. The topological polar surface area (TPSA) is 379 Å². The van der Waals surface area contributed by atoms with Gasteiger partial charge in [-0.3, -0.25) is 38.1 Å². The monoisotopic (exact) mass is 1350 g/mol. The highest BCUT2D eigenvalue weighted by Gasteiger charge is 2.66. The average molecular weight is 1350 g/mol. The quantitative estimate of drug-likeness (QED) is 0.0125. The lowest BCUT2D eigenvalue weighted by atomic mass is 9.92. The SMILES string of the molecule is CC(=O)c1cn(CC(=O)N2[C@H](C(=O)Nc3nc(Br)ccc3C)C[C@@]3(CCC(=O)COCCOCCNC(=O)COCCOCCNC(=O)NC[C@H](NC(=O)CCCCCCCCCCCCCCCCC(=O)O)C(=O)O)C[C@@H]23)c2cc(OCP(=O)(O)O)ccc12. The first-order chi connectivity index (χ1) is 43.1. The number of amides is 6. The number of carboxylic acid groups (broad SMARTS) is 2. The van der Waals surface area contributed by atoms with Crippen molar-refractivity contribution in [2.24, 2.45) is 5.41 Å². The molecule has 4 atom stereocenters. The van der Waals surface area contributed by atoms with Crippen LogP contribution in [0.4, 0.5) is 10.6 Å². The fraction of sp³-hybridized carbons (Fsp3) is 0.639. The lowest BCUT2D eigenvalue weighted by molar-refractivity contribution is -0.141. The number of anilines is 1. The predicted octanol–water partition coefficient (Wildman–Crippen LogP) is 6.55. The number of rotatable bonds is 48. The number of urea groups is 1. The van der Waals surface area contributed by atoms with E-state index in [4.69, 9.17) is 28.8 Å². The summed E-state index contributed by atoms with van der Waals surface area (Å²) in [7, 11) is -4.51. The van der Waals surface area contributed by atoms with Crippen molar-refractivity contribution < 1.29 is 91.4 Å². The first-order valence-electron chi connectivity index (χ1n) is 31.0. The van der Waals surface area contributed by atoms with Gasteiger partial charge in [0.2, 0.25) is 23.6 Å². The number of piperidine rings is 1. The van der Waals surface area contributed by atoms with Gasteiger partial charge in [0, 0.05) is 61.6 Å². The molecule has 5 rings (SSSR count). The number of likely N-dealkylation sites (tertiary alicyclic amines) is 1. The fourth-order valence-corrected chi connectivity index (χ4v) is 11.4. The number of aromatic nitrogens is 2. The summed E-state index contributed by atoms with van der Waals surface area (Å²) >= 11 is 3.34. The number of hydrogen-bond acceptors (Lipinski definition) is 16. The van der Waals surface area contributed by atoms with Gasteiger partial charge in [-0.2, -0.15) is 0 Å². The van der Waals surface area contributed by atoms with Gasteiger partial charge in [-0.05, 0) is 91.1 Å². The van der Waals surface area contributed by atoms with E-state index in [1.54, 1.807) is 34.6 Å². The molecule has 0 bridgehead atoms. The number of nitrogens with one attached hydrogen (secondary N) is 5. The Hall–Kier alpha value is -6.39. The second-order valence-electron chi connectivity index (χ2n) is 22.9. The minimum atomic E-state index is -4.51. The third kappa shape index (κ3) is 27.2. The molecule has 3 heterocycles. The minimum absolute atomic E-state index is 0.0992. The number of nitrogens with zero attached hydrogens (tertiary/aromatic N) is 3. The number of unbranched alkanes of at least 4 members (excludes halogenated alkanes) is 13. The van der Waals surface area contributed by atoms with E-state index in [2.05, 4.69) is 47.5 Å². The maximum Gasteiger partial charge on any atom is 0.362 e. The Morgan fingerprint density at radius 1 is 0.722 bits per heavy atom. The standard InChI is InChI=1S/C61H90BrN8O19P/c1-42-19-22-52(62)67-57(42)68-58(78)50-34-61(35-51(61)70(50)55(75)38-69-37-47(43(2)71)46-21-20-45(33-49(46)69)89-41-90(82,83)84)24-23-44(72)39-87-31-29-85-27-25-63-54(74)40-88-32-30-86-28-26-64-60(81)65-36-48(59(79)80)66-53(73)17-15-13-11-9-7-5-3-4-6-8-10-12-14-16-18-56(76)77/h19-22,33,37,48,50-51H,3-18,23-32,34-36,38-41H2,1-2H3,(H,63,74)(H,66,73)(H,76,77)(H,79,80)(H2,64,65,81)(H,67,68,78)(H2,82,83,84)/t48-,50-,51+,61-/m0/s1. The number of ether oxygens (including phenoxy) is 5. The van der Waals surface area contributed by atoms with Crippen LogP contribution in [0, 0.1) is 12.3 Å². The van der Waals surface area contributed by atoms with Crippen LogP contribution in [-0.2, 0) is 63.6 Å². The molecule has 2 fully saturated rings. The van der Waals surface area contributed by atoms with Gasteiger partial charge < -0.3 is 79.7 Å². The number of carbonyl (C=O) groups excluding carboxylic acids is 7. The summed E-state index contributed by atoms with van der Waals surface area (Å²) in [6, 6.07) is 4.87. The minimum Gasteiger partial charge on any atom is -0.481 e. The average Bonchev–Trinajstić information content (AvgIpc) is 1.54. The number of halogens is 1. The van der Waals surface area contributed by atoms with E-state index in [0.29, 0.717) is 51.7 Å². The maximum atomic E-state index is 14.4. The Morgan fingerprint density at radius 3 is 1.93 bits per heavy atom. The number of hydrogen-bond donors (Lipinski definition) is 9. The second kappa shape index (κ2) is 39.1. The molecule has 1 aromatic carbocycles. The Bertz CT molecular complexity index is 2930. The van der Waals surface area contributed by atoms with Crippen molar-refractivity contribution in [1.82, 2.24) is 35.7 Å². The largest absolute Gasteiger partial charge is 0.481 e. The fourth-order valence-electron chi connectivity index (χ4n) is 10.8. The van der Waals surface area contributed by atoms with Gasteiger partial charge in [-0.15, -0.1) is 0 Å². The lowest BCUT2D eigenvalue weighted by Crippen LogP contribution is -2.50. The summed E-state index contributed by atoms with van der Waals surface area (Å²) in [6.45, 7) is 3.25. The normalized spacial score (nSPS) is 16.3. The van der Waals surface area contributed by atoms with Gasteiger partial charge in [0.1, 0.15) is 48.0 Å². The zero-order valence-electron chi connectivity index (χ0n) is 51.6. The molecule has 9 N–H and O–H groups in total. The van der Waals surface area contributed by atoms with Crippen molar-refractivity contribution in [2.75, 3.05) is 84.2 Å². The Labute approximate surface area is 532 Å². The van der Waals surface area contributed by atoms with Gasteiger partial charge in [-0.25, -0.2) is 14.6 Å². The van der Waals surface area contributed by atoms with Crippen LogP contribution in [0.15, 0.2) is 41.1 Å². The summed E-state index contributed by atoms with van der Waals surface area (Å²) < 4.78 is 40.7. The number of carbonyl (C=O) groups is 9. The summed E-state index contributed by atoms with van der Waals surface area (Å²) in [4.78, 5) is 138. The molecule has 2 aliphatic rings. The number of aliphatic carboxylic acids is 2. The molecule has 6 amide bonds. The molecule has 1 saturated carbocycles. The van der Waals surface area contributed by atoms with E-state index >= 15 is 0 Å². The molecular weight excluding hydrogens is 1260 g/mol. The van der Waals surface area contributed by atoms with E-state index in [0.717, 1.165) is 51.4 Å². The molecule has 1 aliphatic heterocycles. The molecule has 90 heavy (non-hydrogen) atoms. The van der Waals surface area contributed by atoms with Crippen LogP contribution in [0.5, 0.6) is 5.75 Å². The van der Waals surface area contributed by atoms with E-state index in [9.17, 15) is 62.6 Å². The number of benzene rings is 1. The molecule has 2 aromatic heterocycles. The molecule has 0 radical (unpaired) electrons. The van der Waals surface area contributed by atoms with Gasteiger partial charge in [0.15, 0.2) is 17.9 Å². The highest BCUT2D eigenvalue weighted by Crippen LogP contribution is 2.62. The summed E-state index contributed by atoms with van der Waals surface area (Å²) in [5, 5.41) is 31.7. The first kappa shape index (κ1) is 74.3. The molecule has 1 aliphatic carbocycles. The van der Waals surface area contributed by atoms with Crippen LogP contribution in [0.3, 0.4) is 0 Å². The second-order valence-corrected chi connectivity index (χ2v) is 25.3. The molecule has 29 heteroatoms. The Kier molecular flexibility index (Phi) is 32.3. The maximum absolute atomic E-state index is 14.4. The van der Waals surface area contributed by atoms with Crippen LogP contribution in [0.2, 0.25) is 0 Å². The van der Waals surface area contributed by atoms with E-state index in [1.807, 2.05) is 0 Å². The van der Waals surface area contributed by atoms with Crippen molar-refractivity contribution >= 4 is 93.4 Å². The highest BCUT2D eigenvalue weighted by molar-refractivity contribution is 9.10. The molecule has 0 unspecified atom stereocenters. The van der Waals surface area contributed by atoms with Crippen LogP contribution < -0.4 is 31.3 Å².